The van der Waals surface area contributed by atoms with E-state index in [0.717, 1.165) is 0 Å². The molecule has 0 spiro atoms. The highest BCUT2D eigenvalue weighted by Gasteiger charge is 1.85. The van der Waals surface area contributed by atoms with Crippen LogP contribution in [-0.2, 0) is 9.53 Å². The number of nitrogens with one attached hydrogen (secondary N) is 1. The van der Waals surface area contributed by atoms with Crippen LogP contribution in [0.25, 0.3) is 0 Å². The molecule has 0 aromatic rings. The van der Waals surface area contributed by atoms with Gasteiger partial charge in [0.1, 0.15) is 12.6 Å². The quantitative estimate of drug-likeness (QED) is 0.191. The zero-order chi connectivity index (χ0) is 10.1. The Morgan fingerprint density at radius 3 is 3.00 bits per heavy atom. The first-order valence-electron chi connectivity index (χ1n) is 3.59. The largest absolute Gasteiger partial charge is 0.384 e. The monoisotopic (exact) mass is 203 g/mol. The van der Waals surface area contributed by atoms with Gasteiger partial charge in [-0.1, -0.05) is 0 Å². The van der Waals surface area contributed by atoms with E-state index in [-0.39, 0.29) is 18.5 Å². The number of carbonyl (C=O) groups is 1. The van der Waals surface area contributed by atoms with Crippen molar-refractivity contribution in [3.05, 3.63) is 12.3 Å². The second-order valence-corrected chi connectivity index (χ2v) is 2.34. The second-order valence-electron chi connectivity index (χ2n) is 2.08. The zero-order valence-corrected chi connectivity index (χ0v) is 8.25. The molecule has 0 unspecified atom stereocenters. The Morgan fingerprint density at radius 2 is 2.46 bits per heavy atom. The Bertz CT molecular complexity index is 216. The third-order valence-corrected chi connectivity index (χ3v) is 1.15. The van der Waals surface area contributed by atoms with Crippen LogP contribution in [0.2, 0.25) is 0 Å². The summed E-state index contributed by atoms with van der Waals surface area (Å²) in [7, 11) is 0. The molecule has 0 saturated carbocycles. The number of nitrogens with two attached hydrogens (primary N) is 1. The van der Waals surface area contributed by atoms with Crippen LogP contribution < -0.4 is 11.1 Å². The number of hydrogen-bond donors (Lipinski definition) is 3. The van der Waals surface area contributed by atoms with E-state index in [9.17, 15) is 4.79 Å². The van der Waals surface area contributed by atoms with Crippen molar-refractivity contribution in [2.24, 2.45) is 10.7 Å². The van der Waals surface area contributed by atoms with Crippen molar-refractivity contribution in [2.45, 2.75) is 6.92 Å². The van der Waals surface area contributed by atoms with E-state index in [0.29, 0.717) is 5.94 Å². The highest BCUT2D eigenvalue weighted by molar-refractivity contribution is 7.80. The third kappa shape index (κ3) is 8.90. The first-order chi connectivity index (χ1) is 6.16. The van der Waals surface area contributed by atoms with Crippen LogP contribution >= 0.6 is 12.6 Å². The lowest BCUT2D eigenvalue weighted by Gasteiger charge is -1.95. The molecule has 13 heavy (non-hydrogen) atoms. The van der Waals surface area contributed by atoms with Crippen LogP contribution in [-0.4, -0.2) is 24.4 Å². The standard InChI is InChI=1S/C7H13N3O2S/c1-6(11)9-3-2-7(8)10-4-12-5-13/h2-3,13H,4-5H2,1H3,(H2,8,10)(H,9,11)/b3-2-. The van der Waals surface area contributed by atoms with Gasteiger partial charge in [-0.05, 0) is 6.08 Å². The number of thiol groups is 1. The van der Waals surface area contributed by atoms with E-state index in [1.54, 1.807) is 0 Å². The summed E-state index contributed by atoms with van der Waals surface area (Å²) < 4.78 is 4.81. The molecule has 0 rings (SSSR count). The van der Waals surface area contributed by atoms with Gasteiger partial charge < -0.3 is 15.8 Å². The first-order valence-corrected chi connectivity index (χ1v) is 4.22. The average molecular weight is 203 g/mol. The molecule has 0 atom stereocenters. The van der Waals surface area contributed by atoms with E-state index in [1.165, 1.54) is 19.2 Å². The van der Waals surface area contributed by atoms with Gasteiger partial charge in [0.25, 0.3) is 0 Å². The van der Waals surface area contributed by atoms with Crippen LogP contribution in [0.1, 0.15) is 6.92 Å². The molecule has 0 aliphatic heterocycles. The van der Waals surface area contributed by atoms with Crippen molar-refractivity contribution in [1.82, 2.24) is 5.32 Å². The van der Waals surface area contributed by atoms with Crippen LogP contribution in [0.3, 0.4) is 0 Å². The van der Waals surface area contributed by atoms with Gasteiger partial charge in [0.15, 0.2) is 0 Å². The summed E-state index contributed by atoms with van der Waals surface area (Å²) in [6.45, 7) is 1.57. The molecule has 0 heterocycles. The Hall–Kier alpha value is -1.01. The lowest BCUT2D eigenvalue weighted by molar-refractivity contribution is -0.118. The maximum Gasteiger partial charge on any atom is 0.220 e. The maximum atomic E-state index is 10.4. The van der Waals surface area contributed by atoms with E-state index < -0.39 is 0 Å². The molecule has 6 heteroatoms. The molecular weight excluding hydrogens is 190 g/mol. The van der Waals surface area contributed by atoms with Crippen molar-refractivity contribution in [3.63, 3.8) is 0 Å². The molecule has 0 aromatic heterocycles. The molecule has 0 saturated heterocycles. The lowest BCUT2D eigenvalue weighted by Crippen LogP contribution is -2.15. The summed E-state index contributed by atoms with van der Waals surface area (Å²) in [5.74, 6) is 0.429. The molecule has 74 valence electrons. The molecule has 0 aliphatic carbocycles. The third-order valence-electron chi connectivity index (χ3n) is 0.970. The molecular formula is C7H13N3O2S. The predicted octanol–water partition coefficient (Wildman–Crippen LogP) is -0.145. The second kappa shape index (κ2) is 7.63. The molecule has 0 aliphatic rings. The molecule has 0 fully saturated rings. The Labute approximate surface area is 82.5 Å². The van der Waals surface area contributed by atoms with E-state index in [4.69, 9.17) is 10.5 Å². The van der Waals surface area contributed by atoms with Crippen LogP contribution in [0, 0.1) is 0 Å². The fourth-order valence-corrected chi connectivity index (χ4v) is 0.540. The number of ether oxygens (including phenoxy) is 1. The number of hydrogen-bond acceptors (Lipinski definition) is 4. The van der Waals surface area contributed by atoms with Gasteiger partial charge in [0, 0.05) is 13.1 Å². The molecule has 0 aromatic carbocycles. The maximum absolute atomic E-state index is 10.4. The minimum atomic E-state index is -0.157. The van der Waals surface area contributed by atoms with Gasteiger partial charge in [-0.25, -0.2) is 4.99 Å². The molecule has 0 radical (unpaired) electrons. The first kappa shape index (κ1) is 12.0. The van der Waals surface area contributed by atoms with E-state index in [2.05, 4.69) is 22.9 Å². The van der Waals surface area contributed by atoms with Crippen molar-refractivity contribution in [3.8, 4) is 0 Å². The highest BCUT2D eigenvalue weighted by Crippen LogP contribution is 1.80. The summed E-state index contributed by atoms with van der Waals surface area (Å²) in [4.78, 5) is 14.2. The fourth-order valence-electron chi connectivity index (χ4n) is 0.458. The number of amidine groups is 1. The number of aliphatic imine (C=N–C) groups is 1. The smallest absolute Gasteiger partial charge is 0.220 e. The summed E-state index contributed by atoms with van der Waals surface area (Å²) in [6.07, 6.45) is 2.89. The van der Waals surface area contributed by atoms with Gasteiger partial charge >= 0.3 is 0 Å². The van der Waals surface area contributed by atoms with Crippen molar-refractivity contribution in [2.75, 3.05) is 12.7 Å². The van der Waals surface area contributed by atoms with Gasteiger partial charge in [-0.2, -0.15) is 12.6 Å². The fraction of sp³-hybridized carbons (Fsp3) is 0.429. The Kier molecular flexibility index (Phi) is 7.04. The lowest BCUT2D eigenvalue weighted by atomic mass is 10.5. The SMILES string of the molecule is CC(=O)N/C=C\C(N)=NCOCS. The number of carbonyl (C=O) groups excluding carboxylic acids is 1. The predicted molar refractivity (Wildman–Crippen MR) is 54.4 cm³/mol. The van der Waals surface area contributed by atoms with Crippen LogP contribution in [0.5, 0.6) is 0 Å². The van der Waals surface area contributed by atoms with Gasteiger partial charge in [-0.15, -0.1) is 0 Å². The van der Waals surface area contributed by atoms with Gasteiger partial charge in [0.05, 0.1) is 5.94 Å². The van der Waals surface area contributed by atoms with E-state index >= 15 is 0 Å². The molecule has 1 amide bonds. The molecule has 5 nitrogen and oxygen atoms in total. The Morgan fingerprint density at radius 1 is 1.77 bits per heavy atom. The average Bonchev–Trinajstić information content (AvgIpc) is 2.04. The number of nitrogens with zero attached hydrogens (tertiary/aromatic N) is 1. The van der Waals surface area contributed by atoms with Crippen LogP contribution in [0.4, 0.5) is 0 Å². The summed E-state index contributed by atoms with van der Waals surface area (Å²) >= 11 is 3.81. The Balaban J connectivity index is 3.70. The topological polar surface area (TPSA) is 76.7 Å². The normalized spacial score (nSPS) is 12.0. The van der Waals surface area contributed by atoms with Crippen LogP contribution in [0.15, 0.2) is 17.3 Å². The van der Waals surface area contributed by atoms with E-state index in [1.807, 2.05) is 0 Å². The van der Waals surface area contributed by atoms with Gasteiger partial charge in [0.2, 0.25) is 5.91 Å². The minimum absolute atomic E-state index is 0.157. The summed E-state index contributed by atoms with van der Waals surface area (Å²) in [5.41, 5.74) is 5.41. The summed E-state index contributed by atoms with van der Waals surface area (Å²) in [6, 6.07) is 0. The number of amides is 1. The van der Waals surface area contributed by atoms with Gasteiger partial charge in [-0.3, -0.25) is 4.79 Å². The molecule has 3 N–H and O–H groups in total. The summed E-state index contributed by atoms with van der Waals surface area (Å²) in [5, 5.41) is 2.43. The minimum Gasteiger partial charge on any atom is -0.384 e. The highest BCUT2D eigenvalue weighted by atomic mass is 32.1. The van der Waals surface area contributed by atoms with Crippen molar-refractivity contribution < 1.29 is 9.53 Å². The number of rotatable bonds is 5. The zero-order valence-electron chi connectivity index (χ0n) is 7.36. The van der Waals surface area contributed by atoms with Crippen molar-refractivity contribution in [1.29, 1.82) is 0 Å². The molecule has 0 bridgehead atoms. The van der Waals surface area contributed by atoms with Crippen molar-refractivity contribution >= 4 is 24.4 Å².